The molecule has 6 nitrogen and oxygen atoms in total. The zero-order valence-electron chi connectivity index (χ0n) is 18.5. The van der Waals surface area contributed by atoms with E-state index in [4.69, 9.17) is 5.73 Å². The first-order valence-corrected chi connectivity index (χ1v) is 10.9. The maximum Gasteiger partial charge on any atom is 0.274 e. The first-order valence-electron chi connectivity index (χ1n) is 10.9. The van der Waals surface area contributed by atoms with Gasteiger partial charge in [0.15, 0.2) is 0 Å². The van der Waals surface area contributed by atoms with Crippen molar-refractivity contribution < 1.29 is 18.0 Å². The second-order valence-corrected chi connectivity index (χ2v) is 8.52. The molecule has 4 atom stereocenters. The van der Waals surface area contributed by atoms with Crippen LogP contribution in [0, 0.1) is 23.4 Å². The van der Waals surface area contributed by atoms with Crippen LogP contribution in [0.1, 0.15) is 41.7 Å². The van der Waals surface area contributed by atoms with Crippen LogP contribution in [0.4, 0.5) is 18.9 Å². The molecule has 176 valence electrons. The number of hydrogen-bond donors (Lipinski definition) is 2. The summed E-state index contributed by atoms with van der Waals surface area (Å²) in [5, 5.41) is 2.76. The Kier molecular flexibility index (Phi) is 6.74. The Morgan fingerprint density at radius 2 is 1.85 bits per heavy atom. The number of benzene rings is 1. The summed E-state index contributed by atoms with van der Waals surface area (Å²) in [7, 11) is 0. The molecule has 3 N–H and O–H groups in total. The fourth-order valence-corrected chi connectivity index (χ4v) is 4.66. The van der Waals surface area contributed by atoms with Gasteiger partial charge in [-0.3, -0.25) is 14.8 Å². The molecule has 0 saturated heterocycles. The van der Waals surface area contributed by atoms with E-state index < -0.39 is 34.6 Å². The van der Waals surface area contributed by atoms with E-state index in [1.165, 1.54) is 6.20 Å². The van der Waals surface area contributed by atoms with Crippen molar-refractivity contribution in [1.82, 2.24) is 9.97 Å². The molecule has 4 rings (SSSR count). The van der Waals surface area contributed by atoms with Crippen LogP contribution < -0.4 is 11.1 Å². The van der Waals surface area contributed by atoms with Crippen LogP contribution >= 0.6 is 0 Å². The molecule has 1 aromatic carbocycles. The van der Waals surface area contributed by atoms with E-state index in [2.05, 4.69) is 33.9 Å². The minimum Gasteiger partial charge on any atom is -0.326 e. The minimum absolute atomic E-state index is 0.0308. The standard InChI is InChI=1S/C25H24F3N5O/c1-13-10-14(11-19(29)23(13)30-2)15-8-9-31-12-21(15)33-25(34)20-7-6-18(28)24(32-20)22-16(26)4-3-5-17(22)27/h3-9,12-14,19,23H,2,10-11,29H2,1H3,(H,33,34)/t13-,14+,19+,23-/m0/s1. The van der Waals surface area contributed by atoms with Gasteiger partial charge in [-0.15, -0.1) is 0 Å². The lowest BCUT2D eigenvalue weighted by atomic mass is 9.73. The summed E-state index contributed by atoms with van der Waals surface area (Å²) in [4.78, 5) is 25.2. The van der Waals surface area contributed by atoms with E-state index in [0.29, 0.717) is 12.1 Å². The second-order valence-electron chi connectivity index (χ2n) is 8.52. The van der Waals surface area contributed by atoms with E-state index in [0.717, 1.165) is 42.3 Å². The Morgan fingerprint density at radius 1 is 1.12 bits per heavy atom. The Bertz CT molecular complexity index is 1200. The van der Waals surface area contributed by atoms with Gasteiger partial charge in [0.2, 0.25) is 0 Å². The molecule has 0 radical (unpaired) electrons. The molecule has 0 bridgehead atoms. The number of pyridine rings is 2. The van der Waals surface area contributed by atoms with Crippen LogP contribution in [0.3, 0.4) is 0 Å². The highest BCUT2D eigenvalue weighted by Crippen LogP contribution is 2.39. The number of aliphatic imine (C=N–C) groups is 1. The Labute approximate surface area is 195 Å². The summed E-state index contributed by atoms with van der Waals surface area (Å²) in [5.41, 5.74) is 6.23. The molecular formula is C25H24F3N5O. The number of rotatable bonds is 5. The average molecular weight is 467 g/mol. The Morgan fingerprint density at radius 3 is 2.53 bits per heavy atom. The van der Waals surface area contributed by atoms with Crippen molar-refractivity contribution >= 4 is 18.3 Å². The summed E-state index contributed by atoms with van der Waals surface area (Å²) in [5.74, 6) is -3.29. The maximum atomic E-state index is 14.4. The third kappa shape index (κ3) is 4.56. The second kappa shape index (κ2) is 9.72. The topological polar surface area (TPSA) is 93.3 Å². The van der Waals surface area contributed by atoms with E-state index in [-0.39, 0.29) is 29.6 Å². The van der Waals surface area contributed by atoms with Crippen molar-refractivity contribution in [2.24, 2.45) is 16.6 Å². The summed E-state index contributed by atoms with van der Waals surface area (Å²) in [6.45, 7) is 5.71. The van der Waals surface area contributed by atoms with E-state index in [1.54, 1.807) is 6.20 Å². The molecule has 9 heteroatoms. The van der Waals surface area contributed by atoms with Gasteiger partial charge in [0.1, 0.15) is 28.8 Å². The third-order valence-electron chi connectivity index (χ3n) is 6.27. The van der Waals surface area contributed by atoms with Crippen molar-refractivity contribution in [3.05, 3.63) is 77.5 Å². The van der Waals surface area contributed by atoms with Gasteiger partial charge in [0.05, 0.1) is 23.5 Å². The number of carbonyl (C=O) groups is 1. The van der Waals surface area contributed by atoms with Crippen LogP contribution in [0.2, 0.25) is 0 Å². The highest BCUT2D eigenvalue weighted by Gasteiger charge is 2.34. The molecule has 1 saturated carbocycles. The molecule has 2 heterocycles. The lowest BCUT2D eigenvalue weighted by molar-refractivity contribution is 0.102. The molecule has 1 amide bonds. The summed E-state index contributed by atoms with van der Waals surface area (Å²) < 4.78 is 42.8. The average Bonchev–Trinajstić information content (AvgIpc) is 2.80. The number of nitrogens with one attached hydrogen (secondary N) is 1. The first-order chi connectivity index (χ1) is 16.3. The van der Waals surface area contributed by atoms with Crippen LogP contribution in [-0.4, -0.2) is 34.7 Å². The molecule has 3 aromatic rings. The number of hydrogen-bond acceptors (Lipinski definition) is 5. The van der Waals surface area contributed by atoms with Gasteiger partial charge in [0, 0.05) is 12.2 Å². The lowest BCUT2D eigenvalue weighted by Crippen LogP contribution is -2.43. The molecule has 0 unspecified atom stereocenters. The third-order valence-corrected chi connectivity index (χ3v) is 6.27. The van der Waals surface area contributed by atoms with E-state index in [1.807, 2.05) is 6.07 Å². The highest BCUT2D eigenvalue weighted by molar-refractivity contribution is 6.03. The van der Waals surface area contributed by atoms with Crippen LogP contribution in [0.5, 0.6) is 0 Å². The van der Waals surface area contributed by atoms with Gasteiger partial charge in [-0.05, 0) is 67.3 Å². The van der Waals surface area contributed by atoms with Gasteiger partial charge in [-0.25, -0.2) is 18.2 Å². The normalized spacial score (nSPS) is 22.3. The van der Waals surface area contributed by atoms with Crippen molar-refractivity contribution in [2.75, 3.05) is 5.32 Å². The fourth-order valence-electron chi connectivity index (χ4n) is 4.66. The minimum atomic E-state index is -0.978. The van der Waals surface area contributed by atoms with Gasteiger partial charge in [0.25, 0.3) is 5.91 Å². The highest BCUT2D eigenvalue weighted by atomic mass is 19.1. The maximum absolute atomic E-state index is 14.4. The largest absolute Gasteiger partial charge is 0.326 e. The van der Waals surface area contributed by atoms with Gasteiger partial charge < -0.3 is 11.1 Å². The van der Waals surface area contributed by atoms with E-state index in [9.17, 15) is 18.0 Å². The summed E-state index contributed by atoms with van der Waals surface area (Å²) >= 11 is 0. The molecule has 1 fully saturated rings. The smallest absolute Gasteiger partial charge is 0.274 e. The van der Waals surface area contributed by atoms with Crippen molar-refractivity contribution in [1.29, 1.82) is 0 Å². The monoisotopic (exact) mass is 467 g/mol. The summed E-state index contributed by atoms with van der Waals surface area (Å²) in [6, 6.07) is 6.89. The van der Waals surface area contributed by atoms with Gasteiger partial charge >= 0.3 is 0 Å². The van der Waals surface area contributed by atoms with Crippen LogP contribution in [0.15, 0.2) is 53.8 Å². The molecule has 2 aromatic heterocycles. The van der Waals surface area contributed by atoms with E-state index >= 15 is 0 Å². The number of amides is 1. The molecule has 0 aliphatic heterocycles. The Balaban J connectivity index is 1.62. The summed E-state index contributed by atoms with van der Waals surface area (Å²) in [6.07, 6.45) is 4.61. The van der Waals surface area contributed by atoms with Crippen molar-refractivity contribution in [3.63, 3.8) is 0 Å². The zero-order chi connectivity index (χ0) is 24.4. The fraction of sp³-hybridized carbons (Fsp3) is 0.280. The Hall–Kier alpha value is -3.59. The number of nitrogens with zero attached hydrogens (tertiary/aromatic N) is 3. The number of anilines is 1. The van der Waals surface area contributed by atoms with Crippen molar-refractivity contribution in [3.8, 4) is 11.3 Å². The lowest BCUT2D eigenvalue weighted by Gasteiger charge is -2.37. The van der Waals surface area contributed by atoms with Crippen LogP contribution in [0.25, 0.3) is 11.3 Å². The zero-order valence-corrected chi connectivity index (χ0v) is 18.5. The first kappa shape index (κ1) is 23.6. The molecular weight excluding hydrogens is 443 g/mol. The molecule has 34 heavy (non-hydrogen) atoms. The molecule has 1 aliphatic carbocycles. The predicted molar refractivity (Wildman–Crippen MR) is 124 cm³/mol. The molecule has 0 spiro atoms. The van der Waals surface area contributed by atoms with Gasteiger partial charge in [-0.2, -0.15) is 0 Å². The number of carbonyl (C=O) groups excluding carboxylic acids is 1. The predicted octanol–water partition coefficient (Wildman–Crippen LogP) is 4.72. The number of aromatic nitrogens is 2. The number of nitrogens with two attached hydrogens (primary N) is 1. The van der Waals surface area contributed by atoms with Crippen LogP contribution in [-0.2, 0) is 0 Å². The number of halogens is 3. The van der Waals surface area contributed by atoms with Gasteiger partial charge in [-0.1, -0.05) is 13.0 Å². The SMILES string of the molecule is C=N[C@@H]1[C@H](N)C[C@H](c2ccncc2NC(=O)c2ccc(F)c(-c3c(F)cccc3F)n2)C[C@@H]1C. The van der Waals surface area contributed by atoms with Crippen molar-refractivity contribution in [2.45, 2.75) is 37.8 Å². The quantitative estimate of drug-likeness (QED) is 0.531. The molecule has 1 aliphatic rings.